The van der Waals surface area contributed by atoms with E-state index in [4.69, 9.17) is 15.9 Å². The molecule has 0 saturated carbocycles. The van der Waals surface area contributed by atoms with Crippen LogP contribution < -0.4 is 16.0 Å². The van der Waals surface area contributed by atoms with Crippen molar-refractivity contribution in [3.63, 3.8) is 0 Å². The molecule has 0 atom stereocenters. The van der Waals surface area contributed by atoms with Gasteiger partial charge in [0.15, 0.2) is 5.13 Å². The van der Waals surface area contributed by atoms with Crippen molar-refractivity contribution in [2.45, 2.75) is 31.7 Å². The molecule has 0 radical (unpaired) electrons. The molecule has 0 bridgehead atoms. The average molecular weight is 314 g/mol. The van der Waals surface area contributed by atoms with Gasteiger partial charge in [-0.25, -0.2) is 4.98 Å². The molecule has 1 aliphatic heterocycles. The number of nitrogens with zero attached hydrogens (tertiary/aromatic N) is 2. The van der Waals surface area contributed by atoms with Crippen molar-refractivity contribution in [1.29, 1.82) is 0 Å². The second-order valence-electron chi connectivity index (χ2n) is 5.15. The molecule has 1 fully saturated rings. The number of aliphatic hydroxyl groups is 2. The molecule has 1 saturated heterocycles. The highest BCUT2D eigenvalue weighted by Crippen LogP contribution is 2.29. The standard InChI is InChI=1S/C13H22N4O3S/c14-11-10(12(20)15-9(7-18)8-19)21-13(16-11)17-5-3-1-2-4-6-17/h9,18-19H,1-8,14H2,(H,15,20). The number of aliphatic hydroxyl groups excluding tert-OH is 2. The maximum absolute atomic E-state index is 12.1. The van der Waals surface area contributed by atoms with Gasteiger partial charge in [0.05, 0.1) is 19.3 Å². The number of thiazole rings is 1. The minimum Gasteiger partial charge on any atom is -0.394 e. The number of aromatic nitrogens is 1. The lowest BCUT2D eigenvalue weighted by Crippen LogP contribution is -2.40. The van der Waals surface area contributed by atoms with Gasteiger partial charge in [-0.15, -0.1) is 0 Å². The fourth-order valence-corrected chi connectivity index (χ4v) is 3.22. The Morgan fingerprint density at radius 1 is 1.29 bits per heavy atom. The Kier molecular flexibility index (Phi) is 5.77. The molecule has 1 aromatic heterocycles. The Labute approximate surface area is 127 Å². The fourth-order valence-electron chi connectivity index (χ4n) is 2.28. The van der Waals surface area contributed by atoms with E-state index in [-0.39, 0.29) is 19.0 Å². The topological polar surface area (TPSA) is 112 Å². The molecule has 21 heavy (non-hydrogen) atoms. The largest absolute Gasteiger partial charge is 0.394 e. The summed E-state index contributed by atoms with van der Waals surface area (Å²) in [5.74, 6) is -0.203. The molecule has 1 aromatic rings. The predicted molar refractivity (Wildman–Crippen MR) is 82.6 cm³/mol. The number of hydrogen-bond donors (Lipinski definition) is 4. The van der Waals surface area contributed by atoms with Crippen molar-refractivity contribution in [2.75, 3.05) is 36.9 Å². The molecule has 1 aliphatic rings. The lowest BCUT2D eigenvalue weighted by molar-refractivity contribution is 0.0884. The molecule has 0 aromatic carbocycles. The Morgan fingerprint density at radius 3 is 2.48 bits per heavy atom. The molecule has 8 heteroatoms. The van der Waals surface area contributed by atoms with Crippen LogP contribution in [-0.4, -0.2) is 53.4 Å². The normalized spacial score (nSPS) is 16.0. The van der Waals surface area contributed by atoms with Gasteiger partial charge in [0.1, 0.15) is 10.7 Å². The highest BCUT2D eigenvalue weighted by atomic mass is 32.1. The van der Waals surface area contributed by atoms with Crippen molar-refractivity contribution in [3.05, 3.63) is 4.88 Å². The number of carbonyl (C=O) groups excluding carboxylic acids is 1. The van der Waals surface area contributed by atoms with Crippen molar-refractivity contribution in [2.24, 2.45) is 0 Å². The van der Waals surface area contributed by atoms with E-state index < -0.39 is 11.9 Å². The Bertz CT molecular complexity index is 468. The highest BCUT2D eigenvalue weighted by Gasteiger charge is 2.22. The van der Waals surface area contributed by atoms with Gasteiger partial charge < -0.3 is 26.2 Å². The van der Waals surface area contributed by atoms with Crippen LogP contribution in [0.1, 0.15) is 35.4 Å². The second kappa shape index (κ2) is 7.58. The Morgan fingerprint density at radius 2 is 1.90 bits per heavy atom. The van der Waals surface area contributed by atoms with Crippen molar-refractivity contribution in [3.8, 4) is 0 Å². The van der Waals surface area contributed by atoms with Gasteiger partial charge in [-0.1, -0.05) is 24.2 Å². The monoisotopic (exact) mass is 314 g/mol. The number of hydrogen-bond acceptors (Lipinski definition) is 7. The quantitative estimate of drug-likeness (QED) is 0.617. The van der Waals surface area contributed by atoms with Gasteiger partial charge in [-0.2, -0.15) is 0 Å². The first-order valence-electron chi connectivity index (χ1n) is 7.19. The molecule has 2 rings (SSSR count). The minimum absolute atomic E-state index is 0.200. The van der Waals surface area contributed by atoms with E-state index in [0.717, 1.165) is 31.1 Å². The van der Waals surface area contributed by atoms with Crippen molar-refractivity contribution >= 4 is 28.2 Å². The lowest BCUT2D eigenvalue weighted by atomic mass is 10.2. The van der Waals surface area contributed by atoms with E-state index in [2.05, 4.69) is 15.2 Å². The van der Waals surface area contributed by atoms with Crippen LogP contribution >= 0.6 is 11.3 Å². The van der Waals surface area contributed by atoms with Crippen LogP contribution in [0.15, 0.2) is 0 Å². The molecule has 1 amide bonds. The summed E-state index contributed by atoms with van der Waals surface area (Å²) in [6.45, 7) is 1.23. The van der Waals surface area contributed by atoms with Crippen LogP contribution in [0.25, 0.3) is 0 Å². The Balaban J connectivity index is 2.09. The molecule has 0 spiro atoms. The summed E-state index contributed by atoms with van der Waals surface area (Å²) in [5.41, 5.74) is 5.83. The molecular weight excluding hydrogens is 292 g/mol. The number of carbonyl (C=O) groups is 1. The van der Waals surface area contributed by atoms with Crippen LogP contribution in [0.3, 0.4) is 0 Å². The van der Waals surface area contributed by atoms with Crippen LogP contribution in [0.2, 0.25) is 0 Å². The molecule has 0 unspecified atom stereocenters. The van der Waals surface area contributed by atoms with Crippen LogP contribution in [0, 0.1) is 0 Å². The van der Waals surface area contributed by atoms with E-state index in [0.29, 0.717) is 4.88 Å². The second-order valence-corrected chi connectivity index (χ2v) is 6.13. The maximum atomic E-state index is 12.1. The number of rotatable bonds is 5. The third kappa shape index (κ3) is 4.05. The summed E-state index contributed by atoms with van der Waals surface area (Å²) >= 11 is 1.26. The van der Waals surface area contributed by atoms with Crippen molar-refractivity contribution in [1.82, 2.24) is 10.3 Å². The summed E-state index contributed by atoms with van der Waals surface area (Å²) in [6, 6.07) is -0.680. The zero-order valence-electron chi connectivity index (χ0n) is 11.9. The summed E-state index contributed by atoms with van der Waals surface area (Å²) in [6.07, 6.45) is 4.69. The van der Waals surface area contributed by atoms with Gasteiger partial charge in [-0.05, 0) is 12.8 Å². The van der Waals surface area contributed by atoms with Gasteiger partial charge >= 0.3 is 0 Å². The summed E-state index contributed by atoms with van der Waals surface area (Å²) in [5, 5.41) is 21.3. The molecule has 7 nitrogen and oxygen atoms in total. The van der Waals surface area contributed by atoms with Gasteiger partial charge in [-0.3, -0.25) is 4.79 Å². The van der Waals surface area contributed by atoms with E-state index in [1.54, 1.807) is 0 Å². The first kappa shape index (κ1) is 16.0. The molecular formula is C13H22N4O3S. The first-order chi connectivity index (χ1) is 10.2. The first-order valence-corrected chi connectivity index (χ1v) is 8.01. The Hall–Kier alpha value is -1.38. The third-order valence-electron chi connectivity index (χ3n) is 3.50. The number of anilines is 2. The SMILES string of the molecule is Nc1nc(N2CCCCCC2)sc1C(=O)NC(CO)CO. The molecule has 118 valence electrons. The van der Waals surface area contributed by atoms with Crippen LogP contribution in [0.4, 0.5) is 10.9 Å². The van der Waals surface area contributed by atoms with Gasteiger partial charge in [0.25, 0.3) is 5.91 Å². The molecule has 5 N–H and O–H groups in total. The molecule has 2 heterocycles. The smallest absolute Gasteiger partial charge is 0.265 e. The van der Waals surface area contributed by atoms with Gasteiger partial charge in [0.2, 0.25) is 0 Å². The van der Waals surface area contributed by atoms with E-state index >= 15 is 0 Å². The zero-order valence-corrected chi connectivity index (χ0v) is 12.7. The minimum atomic E-state index is -0.680. The maximum Gasteiger partial charge on any atom is 0.265 e. The average Bonchev–Trinajstić information content (AvgIpc) is 2.71. The third-order valence-corrected chi connectivity index (χ3v) is 4.63. The number of nitrogens with two attached hydrogens (primary N) is 1. The summed E-state index contributed by atoms with van der Waals surface area (Å²) in [4.78, 5) is 18.9. The van der Waals surface area contributed by atoms with E-state index in [9.17, 15) is 4.79 Å². The zero-order chi connectivity index (χ0) is 15.2. The number of nitrogens with one attached hydrogen (secondary N) is 1. The molecule has 0 aliphatic carbocycles. The summed E-state index contributed by atoms with van der Waals surface area (Å²) < 4.78 is 0. The van der Waals surface area contributed by atoms with Crippen LogP contribution in [-0.2, 0) is 0 Å². The number of amides is 1. The van der Waals surface area contributed by atoms with E-state index in [1.165, 1.54) is 24.2 Å². The predicted octanol–water partition coefficient (Wildman–Crippen LogP) is 0.189. The van der Waals surface area contributed by atoms with Crippen molar-refractivity contribution < 1.29 is 15.0 Å². The van der Waals surface area contributed by atoms with E-state index in [1.807, 2.05) is 0 Å². The lowest BCUT2D eigenvalue weighted by Gasteiger charge is -2.18. The summed E-state index contributed by atoms with van der Waals surface area (Å²) in [7, 11) is 0. The number of nitrogen functional groups attached to an aromatic ring is 1. The highest BCUT2D eigenvalue weighted by molar-refractivity contribution is 7.18. The van der Waals surface area contributed by atoms with Gasteiger partial charge in [0, 0.05) is 13.1 Å². The fraction of sp³-hybridized carbons (Fsp3) is 0.692. The van der Waals surface area contributed by atoms with Crippen LogP contribution in [0.5, 0.6) is 0 Å².